The van der Waals surface area contributed by atoms with Gasteiger partial charge < -0.3 is 21.1 Å². The second-order valence-corrected chi connectivity index (χ2v) is 12.9. The van der Waals surface area contributed by atoms with Crippen LogP contribution in [0, 0.1) is 27.6 Å². The number of hydrogen-bond acceptors (Lipinski definition) is 4. The van der Waals surface area contributed by atoms with Gasteiger partial charge in [0, 0.05) is 12.0 Å². The minimum absolute atomic E-state index is 0.0325. The molecule has 1 heterocycles. The highest BCUT2D eigenvalue weighted by atomic mass is 16.4. The fourth-order valence-corrected chi connectivity index (χ4v) is 7.81. The van der Waals surface area contributed by atoms with Crippen LogP contribution >= 0.6 is 0 Å². The lowest BCUT2D eigenvalue weighted by Crippen LogP contribution is -2.60. The van der Waals surface area contributed by atoms with Crippen LogP contribution in [0.1, 0.15) is 92.4 Å². The molecular formula is C26H43N3O4. The molecule has 0 aromatic carbocycles. The third-order valence-electron chi connectivity index (χ3n) is 10.2. The monoisotopic (exact) mass is 461 g/mol. The molecular weight excluding hydrogens is 418 g/mol. The van der Waals surface area contributed by atoms with Gasteiger partial charge in [0.2, 0.25) is 11.8 Å². The lowest BCUT2D eigenvalue weighted by molar-refractivity contribution is -0.150. The lowest BCUT2D eigenvalue weighted by atomic mass is 9.73. The third-order valence-corrected chi connectivity index (χ3v) is 10.2. The van der Waals surface area contributed by atoms with Gasteiger partial charge in [0.25, 0.3) is 0 Å². The van der Waals surface area contributed by atoms with Crippen molar-refractivity contribution in [3.63, 3.8) is 0 Å². The number of carboxylic acids is 1. The van der Waals surface area contributed by atoms with Crippen molar-refractivity contribution in [3.05, 3.63) is 0 Å². The van der Waals surface area contributed by atoms with E-state index in [1.807, 2.05) is 20.8 Å². The van der Waals surface area contributed by atoms with Crippen LogP contribution in [0.2, 0.25) is 0 Å². The van der Waals surface area contributed by atoms with Gasteiger partial charge in [0.05, 0.1) is 6.04 Å². The van der Waals surface area contributed by atoms with Gasteiger partial charge in [-0.3, -0.25) is 9.59 Å². The van der Waals surface area contributed by atoms with Gasteiger partial charge in [0.1, 0.15) is 12.1 Å². The van der Waals surface area contributed by atoms with E-state index in [2.05, 4.69) is 19.2 Å². The smallest absolute Gasteiger partial charge is 0.326 e. The van der Waals surface area contributed by atoms with Gasteiger partial charge in [-0.15, -0.1) is 0 Å². The van der Waals surface area contributed by atoms with Crippen molar-refractivity contribution in [2.75, 3.05) is 6.54 Å². The van der Waals surface area contributed by atoms with E-state index < -0.39 is 29.5 Å². The normalized spacial score (nSPS) is 32.3. The first kappa shape index (κ1) is 24.5. The number of amides is 2. The Kier molecular flexibility index (Phi) is 5.91. The molecule has 0 unspecified atom stereocenters. The Morgan fingerprint density at radius 2 is 1.64 bits per heavy atom. The molecule has 1 aliphatic heterocycles. The Morgan fingerprint density at radius 3 is 2.09 bits per heavy atom. The Balaban J connectivity index is 1.55. The molecule has 4 atom stereocenters. The van der Waals surface area contributed by atoms with E-state index in [1.165, 1.54) is 12.8 Å². The van der Waals surface area contributed by atoms with E-state index >= 15 is 0 Å². The second kappa shape index (κ2) is 7.96. The summed E-state index contributed by atoms with van der Waals surface area (Å²) in [6, 6.07) is -2.29. The number of hydrogen-bond donors (Lipinski definition) is 3. The molecule has 3 aliphatic carbocycles. The first-order valence-corrected chi connectivity index (χ1v) is 12.9. The van der Waals surface area contributed by atoms with E-state index in [0.29, 0.717) is 13.0 Å². The Morgan fingerprint density at radius 1 is 1.03 bits per heavy atom. The third kappa shape index (κ3) is 3.52. The fourth-order valence-electron chi connectivity index (χ4n) is 7.81. The molecule has 2 amide bonds. The highest BCUT2D eigenvalue weighted by Gasteiger charge is 2.85. The van der Waals surface area contributed by atoms with Gasteiger partial charge >= 0.3 is 5.97 Å². The number of carbonyl (C=O) groups excluding carboxylic acids is 2. The van der Waals surface area contributed by atoms with Gasteiger partial charge in [0.15, 0.2) is 0 Å². The predicted octanol–water partition coefficient (Wildman–Crippen LogP) is 3.31. The molecule has 2 spiro atoms. The zero-order valence-electron chi connectivity index (χ0n) is 21.1. The lowest BCUT2D eigenvalue weighted by Gasteiger charge is -2.36. The summed E-state index contributed by atoms with van der Waals surface area (Å²) in [5.74, 6) is -1.39. The summed E-state index contributed by atoms with van der Waals surface area (Å²) in [6.07, 6.45) is 9.14. The maximum atomic E-state index is 13.9. The Hall–Kier alpha value is -1.63. The van der Waals surface area contributed by atoms with Gasteiger partial charge in [-0.05, 0) is 54.3 Å². The second-order valence-electron chi connectivity index (χ2n) is 12.9. The number of nitrogens with one attached hydrogen (secondary N) is 1. The number of likely N-dealkylation sites (tertiary alicyclic amines) is 1. The molecule has 0 bridgehead atoms. The molecule has 186 valence electrons. The van der Waals surface area contributed by atoms with Crippen molar-refractivity contribution in [2.24, 2.45) is 33.3 Å². The summed E-state index contributed by atoms with van der Waals surface area (Å²) >= 11 is 0. The number of carboxylic acid groups (broad SMARTS) is 1. The number of carbonyl (C=O) groups is 3. The first-order chi connectivity index (χ1) is 15.3. The maximum absolute atomic E-state index is 13.9. The number of fused-ring (bicyclic) bond motifs is 1. The number of nitrogens with zero attached hydrogens (tertiary/aromatic N) is 1. The van der Waals surface area contributed by atoms with Crippen molar-refractivity contribution in [3.8, 4) is 0 Å². The number of rotatable bonds is 5. The van der Waals surface area contributed by atoms with Gasteiger partial charge in [-0.25, -0.2) is 4.79 Å². The zero-order chi connectivity index (χ0) is 24.4. The van der Waals surface area contributed by atoms with E-state index in [1.54, 1.807) is 4.90 Å². The standard InChI is InChI=1S/C26H43N3O4/c1-23(2,3)19(28-20(30)18(27)16-10-7-6-8-11-16)21(31)29-15-26(14-17(29)22(32)33)24(4,5)25(26)12-9-13-25/h16-19H,6-15,27H2,1-5H3,(H,28,30)(H,32,33)/t17-,18-,19+,26+/m0/s1. The van der Waals surface area contributed by atoms with Crippen molar-refractivity contribution < 1.29 is 19.5 Å². The Bertz CT molecular complexity index is 822. The quantitative estimate of drug-likeness (QED) is 0.581. The molecule has 4 fully saturated rings. The van der Waals surface area contributed by atoms with Crippen LogP contribution in [-0.4, -0.2) is 52.5 Å². The molecule has 4 aliphatic rings. The fraction of sp³-hybridized carbons (Fsp3) is 0.885. The van der Waals surface area contributed by atoms with Crippen LogP contribution in [0.5, 0.6) is 0 Å². The van der Waals surface area contributed by atoms with E-state index in [-0.39, 0.29) is 34.0 Å². The molecule has 4 rings (SSSR count). The van der Waals surface area contributed by atoms with Crippen LogP contribution in [0.3, 0.4) is 0 Å². The van der Waals surface area contributed by atoms with Crippen LogP contribution in [0.15, 0.2) is 0 Å². The summed E-state index contributed by atoms with van der Waals surface area (Å²) in [5.41, 5.74) is 5.82. The number of nitrogens with two attached hydrogens (primary N) is 1. The summed E-state index contributed by atoms with van der Waals surface area (Å²) in [6.45, 7) is 10.7. The minimum atomic E-state index is -0.949. The first-order valence-electron chi connectivity index (χ1n) is 12.9. The van der Waals surface area contributed by atoms with Gasteiger partial charge in [-0.2, -0.15) is 0 Å². The molecule has 1 saturated heterocycles. The average molecular weight is 462 g/mol. The summed E-state index contributed by atoms with van der Waals surface area (Å²) < 4.78 is 0. The molecule has 3 saturated carbocycles. The molecule has 7 heteroatoms. The van der Waals surface area contributed by atoms with E-state index in [0.717, 1.165) is 38.5 Å². The molecule has 0 radical (unpaired) electrons. The molecule has 0 aromatic heterocycles. The van der Waals surface area contributed by atoms with E-state index in [9.17, 15) is 19.5 Å². The highest BCUT2D eigenvalue weighted by Crippen LogP contribution is 2.88. The van der Waals surface area contributed by atoms with Crippen LogP contribution < -0.4 is 11.1 Å². The van der Waals surface area contributed by atoms with Crippen molar-refractivity contribution in [1.82, 2.24) is 10.2 Å². The molecule has 0 aromatic rings. The van der Waals surface area contributed by atoms with Crippen LogP contribution in [-0.2, 0) is 14.4 Å². The maximum Gasteiger partial charge on any atom is 0.326 e. The summed E-state index contributed by atoms with van der Waals surface area (Å²) in [5, 5.41) is 13.0. The summed E-state index contributed by atoms with van der Waals surface area (Å²) in [7, 11) is 0. The van der Waals surface area contributed by atoms with Crippen molar-refractivity contribution in [1.29, 1.82) is 0 Å². The van der Waals surface area contributed by atoms with Gasteiger partial charge in [-0.1, -0.05) is 60.3 Å². The predicted molar refractivity (Wildman–Crippen MR) is 126 cm³/mol. The molecule has 7 nitrogen and oxygen atoms in total. The van der Waals surface area contributed by atoms with Crippen LogP contribution in [0.4, 0.5) is 0 Å². The van der Waals surface area contributed by atoms with Crippen molar-refractivity contribution in [2.45, 2.75) is 111 Å². The Labute approximate surface area is 198 Å². The zero-order valence-corrected chi connectivity index (χ0v) is 21.1. The number of aliphatic carboxylic acids is 1. The topological polar surface area (TPSA) is 113 Å². The largest absolute Gasteiger partial charge is 0.480 e. The van der Waals surface area contributed by atoms with Crippen LogP contribution in [0.25, 0.3) is 0 Å². The van der Waals surface area contributed by atoms with E-state index in [4.69, 9.17) is 5.73 Å². The average Bonchev–Trinajstić information content (AvgIpc) is 2.98. The summed E-state index contributed by atoms with van der Waals surface area (Å²) in [4.78, 5) is 40.8. The SMILES string of the molecule is CC(C)(C)[C@H](NC(=O)[C@@H](N)C1CCCCC1)C(=O)N1C[C@]2(C[C@H]1C(=O)O)C(C)(C)C21CCC1. The molecule has 33 heavy (non-hydrogen) atoms. The minimum Gasteiger partial charge on any atom is -0.480 e. The molecule has 4 N–H and O–H groups in total. The van der Waals surface area contributed by atoms with Crippen molar-refractivity contribution >= 4 is 17.8 Å². The highest BCUT2D eigenvalue weighted by molar-refractivity contribution is 5.93.